The van der Waals surface area contributed by atoms with Crippen molar-refractivity contribution in [1.82, 2.24) is 9.71 Å². The maximum Gasteiger partial charge on any atom is 0.336 e. The molecule has 0 amide bonds. The minimum Gasteiger partial charge on any atom is -0.423 e. The van der Waals surface area contributed by atoms with Crippen LogP contribution < -0.4 is 10.3 Å². The molecule has 0 spiro atoms. The summed E-state index contributed by atoms with van der Waals surface area (Å²) in [6.07, 6.45) is 2.17. The first-order chi connectivity index (χ1) is 11.0. The van der Waals surface area contributed by atoms with Gasteiger partial charge in [0.15, 0.2) is 0 Å². The number of benzene rings is 1. The van der Waals surface area contributed by atoms with Gasteiger partial charge in [-0.05, 0) is 36.4 Å². The van der Waals surface area contributed by atoms with Crippen molar-refractivity contribution in [2.45, 2.75) is 11.3 Å². The van der Waals surface area contributed by atoms with Crippen LogP contribution >= 0.6 is 0 Å². The number of nitrogens with zero attached hydrogens (tertiary/aromatic N) is 1. The zero-order valence-electron chi connectivity index (χ0n) is 12.1. The van der Waals surface area contributed by atoms with Crippen LogP contribution in [0.2, 0.25) is 0 Å². The molecule has 0 atom stereocenters. The van der Waals surface area contributed by atoms with Crippen molar-refractivity contribution >= 4 is 21.0 Å². The monoisotopic (exact) mass is 330 g/mol. The number of sulfonamides is 1. The van der Waals surface area contributed by atoms with Crippen molar-refractivity contribution < 1.29 is 12.8 Å². The summed E-state index contributed by atoms with van der Waals surface area (Å²) in [5, 5.41) is 0.553. The summed E-state index contributed by atoms with van der Waals surface area (Å²) in [5.41, 5.74) is 0.696. The first-order valence-corrected chi connectivity index (χ1v) is 8.46. The lowest BCUT2D eigenvalue weighted by Crippen LogP contribution is -2.26. The molecule has 118 valence electrons. The Kier molecular flexibility index (Phi) is 4.22. The van der Waals surface area contributed by atoms with Gasteiger partial charge in [-0.3, -0.25) is 4.98 Å². The zero-order valence-corrected chi connectivity index (χ0v) is 12.9. The van der Waals surface area contributed by atoms with Gasteiger partial charge in [0.1, 0.15) is 5.58 Å². The average molecular weight is 330 g/mol. The first kappa shape index (κ1) is 15.4. The summed E-state index contributed by atoms with van der Waals surface area (Å²) in [6, 6.07) is 12.7. The van der Waals surface area contributed by atoms with E-state index >= 15 is 0 Å². The van der Waals surface area contributed by atoms with Crippen LogP contribution in [0.3, 0.4) is 0 Å². The van der Waals surface area contributed by atoms with E-state index in [-0.39, 0.29) is 11.4 Å². The van der Waals surface area contributed by atoms with Crippen LogP contribution in [0.15, 0.2) is 68.8 Å². The largest absolute Gasteiger partial charge is 0.423 e. The van der Waals surface area contributed by atoms with Crippen molar-refractivity contribution in [3.8, 4) is 0 Å². The fraction of sp³-hybridized carbons (Fsp3) is 0.125. The molecule has 3 aromatic rings. The summed E-state index contributed by atoms with van der Waals surface area (Å²) in [5.74, 6) is 0. The molecular formula is C16H14N2O4S. The third-order valence-corrected chi connectivity index (χ3v) is 4.76. The van der Waals surface area contributed by atoms with Gasteiger partial charge >= 0.3 is 5.63 Å². The van der Waals surface area contributed by atoms with E-state index < -0.39 is 15.6 Å². The lowest BCUT2D eigenvalue weighted by Gasteiger charge is -2.07. The van der Waals surface area contributed by atoms with E-state index in [0.29, 0.717) is 17.4 Å². The Labute approximate surface area is 132 Å². The molecular weight excluding hydrogens is 316 g/mol. The number of hydrogen-bond donors (Lipinski definition) is 1. The number of rotatable bonds is 5. The van der Waals surface area contributed by atoms with Crippen molar-refractivity contribution in [1.29, 1.82) is 0 Å². The highest BCUT2D eigenvalue weighted by atomic mass is 32.2. The maximum atomic E-state index is 12.3. The van der Waals surface area contributed by atoms with Crippen molar-refractivity contribution in [3.05, 3.63) is 70.8 Å². The van der Waals surface area contributed by atoms with Gasteiger partial charge in [0.2, 0.25) is 10.0 Å². The third kappa shape index (κ3) is 3.64. The van der Waals surface area contributed by atoms with Gasteiger partial charge < -0.3 is 4.42 Å². The van der Waals surface area contributed by atoms with E-state index in [2.05, 4.69) is 9.71 Å². The quantitative estimate of drug-likeness (QED) is 0.719. The van der Waals surface area contributed by atoms with Gasteiger partial charge in [-0.2, -0.15) is 0 Å². The van der Waals surface area contributed by atoms with Gasteiger partial charge in [-0.15, -0.1) is 0 Å². The molecule has 3 rings (SSSR count). The van der Waals surface area contributed by atoms with Gasteiger partial charge in [0, 0.05) is 36.3 Å². The molecule has 23 heavy (non-hydrogen) atoms. The first-order valence-electron chi connectivity index (χ1n) is 6.98. The molecule has 0 aliphatic carbocycles. The topological polar surface area (TPSA) is 89.3 Å². The molecule has 2 heterocycles. The summed E-state index contributed by atoms with van der Waals surface area (Å²) in [6.45, 7) is 0.251. The molecule has 0 fully saturated rings. The van der Waals surface area contributed by atoms with E-state index in [0.717, 1.165) is 5.69 Å². The smallest absolute Gasteiger partial charge is 0.336 e. The molecule has 0 saturated carbocycles. The zero-order chi connectivity index (χ0) is 16.3. The van der Waals surface area contributed by atoms with Gasteiger partial charge in [0.05, 0.1) is 4.90 Å². The summed E-state index contributed by atoms with van der Waals surface area (Å²) in [4.78, 5) is 15.4. The van der Waals surface area contributed by atoms with E-state index in [4.69, 9.17) is 4.42 Å². The Bertz CT molecular complexity index is 982. The number of nitrogens with one attached hydrogen (secondary N) is 1. The molecule has 2 aromatic heterocycles. The fourth-order valence-electron chi connectivity index (χ4n) is 2.16. The van der Waals surface area contributed by atoms with E-state index in [1.807, 2.05) is 12.1 Å². The van der Waals surface area contributed by atoms with E-state index in [1.54, 1.807) is 12.3 Å². The highest BCUT2D eigenvalue weighted by Crippen LogP contribution is 2.17. The Morgan fingerprint density at radius 2 is 1.96 bits per heavy atom. The Morgan fingerprint density at radius 1 is 1.09 bits per heavy atom. The molecule has 0 bridgehead atoms. The predicted molar refractivity (Wildman–Crippen MR) is 85.6 cm³/mol. The molecule has 1 aromatic carbocycles. The van der Waals surface area contributed by atoms with Gasteiger partial charge in [-0.1, -0.05) is 6.07 Å². The number of pyridine rings is 1. The Hall–Kier alpha value is -2.51. The van der Waals surface area contributed by atoms with Crippen LogP contribution in [0.25, 0.3) is 11.0 Å². The molecule has 0 aliphatic rings. The summed E-state index contributed by atoms with van der Waals surface area (Å²) < 4.78 is 32.1. The maximum absolute atomic E-state index is 12.3. The van der Waals surface area contributed by atoms with Gasteiger partial charge in [0.25, 0.3) is 0 Å². The van der Waals surface area contributed by atoms with Crippen LogP contribution in [0.5, 0.6) is 0 Å². The highest BCUT2D eigenvalue weighted by Gasteiger charge is 2.14. The Morgan fingerprint density at radius 3 is 2.74 bits per heavy atom. The standard InChI is InChI=1S/C16H14N2O4S/c19-16-7-4-12-11-14(5-6-15(12)22-16)23(20,21)18-10-8-13-3-1-2-9-17-13/h1-7,9,11,18H,8,10H2. The van der Waals surface area contributed by atoms with Gasteiger partial charge in [-0.25, -0.2) is 17.9 Å². The normalized spacial score (nSPS) is 11.7. The van der Waals surface area contributed by atoms with Crippen molar-refractivity contribution in [3.63, 3.8) is 0 Å². The SMILES string of the molecule is O=c1ccc2cc(S(=O)(=O)NCCc3ccccn3)ccc2o1. The molecule has 0 aliphatic heterocycles. The molecule has 0 radical (unpaired) electrons. The second-order valence-electron chi connectivity index (χ2n) is 4.92. The second-order valence-corrected chi connectivity index (χ2v) is 6.69. The lowest BCUT2D eigenvalue weighted by molar-refractivity contribution is 0.560. The molecule has 0 unspecified atom stereocenters. The fourth-order valence-corrected chi connectivity index (χ4v) is 3.23. The highest BCUT2D eigenvalue weighted by molar-refractivity contribution is 7.89. The predicted octanol–water partition coefficient (Wildman–Crippen LogP) is 1.71. The minimum absolute atomic E-state index is 0.125. The summed E-state index contributed by atoms with van der Waals surface area (Å²) >= 11 is 0. The minimum atomic E-state index is -3.63. The molecule has 1 N–H and O–H groups in total. The molecule has 0 saturated heterocycles. The van der Waals surface area contributed by atoms with Crippen LogP contribution in [0.4, 0.5) is 0 Å². The van der Waals surface area contributed by atoms with E-state index in [9.17, 15) is 13.2 Å². The van der Waals surface area contributed by atoms with Crippen LogP contribution in [0.1, 0.15) is 5.69 Å². The second kappa shape index (κ2) is 6.31. The van der Waals surface area contributed by atoms with Crippen molar-refractivity contribution in [2.75, 3.05) is 6.54 Å². The van der Waals surface area contributed by atoms with Crippen LogP contribution in [-0.4, -0.2) is 19.9 Å². The number of aromatic nitrogens is 1. The number of fused-ring (bicyclic) bond motifs is 1. The lowest BCUT2D eigenvalue weighted by atomic mass is 10.2. The van der Waals surface area contributed by atoms with Crippen LogP contribution in [-0.2, 0) is 16.4 Å². The van der Waals surface area contributed by atoms with Crippen LogP contribution in [0, 0.1) is 0 Å². The molecule has 6 nitrogen and oxygen atoms in total. The summed E-state index contributed by atoms with van der Waals surface area (Å²) in [7, 11) is -3.63. The molecule has 7 heteroatoms. The average Bonchev–Trinajstić information content (AvgIpc) is 2.55. The Balaban J connectivity index is 1.76. The van der Waals surface area contributed by atoms with Crippen molar-refractivity contribution in [2.24, 2.45) is 0 Å². The third-order valence-electron chi connectivity index (χ3n) is 3.30. The van der Waals surface area contributed by atoms with E-state index in [1.165, 1.54) is 30.3 Å². The number of hydrogen-bond acceptors (Lipinski definition) is 5.